The van der Waals surface area contributed by atoms with Crippen LogP contribution in [0.25, 0.3) is 11.0 Å². The highest BCUT2D eigenvalue weighted by Gasteiger charge is 2.11. The van der Waals surface area contributed by atoms with E-state index in [4.69, 9.17) is 4.74 Å². The van der Waals surface area contributed by atoms with Crippen molar-refractivity contribution in [2.45, 2.75) is 6.54 Å². The van der Waals surface area contributed by atoms with E-state index in [0.717, 1.165) is 10.4 Å². The van der Waals surface area contributed by atoms with Gasteiger partial charge in [-0.05, 0) is 42.5 Å². The van der Waals surface area contributed by atoms with Crippen LogP contribution >= 0.6 is 11.3 Å². The van der Waals surface area contributed by atoms with Crippen LogP contribution in [0.3, 0.4) is 0 Å². The number of carbonyl (C=O) groups is 1. The molecule has 0 saturated carbocycles. The smallest absolute Gasteiger partial charge is 0.326 e. The number of imidazole rings is 1. The predicted octanol–water partition coefficient (Wildman–Crippen LogP) is 3.18. The van der Waals surface area contributed by atoms with Crippen molar-refractivity contribution in [3.63, 3.8) is 0 Å². The van der Waals surface area contributed by atoms with E-state index in [2.05, 4.69) is 15.3 Å². The zero-order valence-corrected chi connectivity index (χ0v) is 15.5. The van der Waals surface area contributed by atoms with E-state index in [-0.39, 0.29) is 24.0 Å². The van der Waals surface area contributed by atoms with Crippen molar-refractivity contribution in [3.8, 4) is 10.9 Å². The lowest BCUT2D eigenvalue weighted by molar-refractivity contribution is 0.0951. The SMILES string of the molecule is Cn1c(=O)[nH]c2cc(C(=O)NCc3cnc(Oc4ccc(F)cc4)s3)ccc21. The number of hydrogen-bond donors (Lipinski definition) is 2. The Morgan fingerprint density at radius 1 is 1.29 bits per heavy atom. The van der Waals surface area contributed by atoms with Gasteiger partial charge in [0.15, 0.2) is 0 Å². The summed E-state index contributed by atoms with van der Waals surface area (Å²) in [5.74, 6) is -0.120. The second-order valence-electron chi connectivity index (χ2n) is 6.05. The third-order valence-electron chi connectivity index (χ3n) is 4.14. The van der Waals surface area contributed by atoms with Gasteiger partial charge >= 0.3 is 5.69 Å². The lowest BCUT2D eigenvalue weighted by Crippen LogP contribution is -2.22. The van der Waals surface area contributed by atoms with E-state index in [1.54, 1.807) is 31.4 Å². The maximum absolute atomic E-state index is 12.9. The fourth-order valence-corrected chi connectivity index (χ4v) is 3.39. The summed E-state index contributed by atoms with van der Waals surface area (Å²) in [6.45, 7) is 0.284. The number of amides is 1. The van der Waals surface area contributed by atoms with Gasteiger partial charge in [-0.1, -0.05) is 11.3 Å². The molecule has 2 heterocycles. The lowest BCUT2D eigenvalue weighted by atomic mass is 10.2. The van der Waals surface area contributed by atoms with Crippen LogP contribution in [0.5, 0.6) is 10.9 Å². The van der Waals surface area contributed by atoms with Crippen LogP contribution in [0, 0.1) is 5.82 Å². The Morgan fingerprint density at radius 2 is 2.07 bits per heavy atom. The van der Waals surface area contributed by atoms with Gasteiger partial charge in [0.05, 0.1) is 17.6 Å². The number of thiazole rings is 1. The highest BCUT2D eigenvalue weighted by atomic mass is 32.1. The maximum atomic E-state index is 12.9. The zero-order valence-electron chi connectivity index (χ0n) is 14.7. The van der Waals surface area contributed by atoms with E-state index < -0.39 is 0 Å². The van der Waals surface area contributed by atoms with Gasteiger partial charge in [0, 0.05) is 23.7 Å². The first kappa shape index (κ1) is 17.9. The van der Waals surface area contributed by atoms with Crippen molar-refractivity contribution in [1.82, 2.24) is 19.9 Å². The van der Waals surface area contributed by atoms with Gasteiger partial charge in [-0.25, -0.2) is 14.2 Å². The molecule has 28 heavy (non-hydrogen) atoms. The molecule has 9 heteroatoms. The summed E-state index contributed by atoms with van der Waals surface area (Å²) in [5, 5.41) is 3.22. The summed E-state index contributed by atoms with van der Waals surface area (Å²) in [7, 11) is 1.66. The van der Waals surface area contributed by atoms with Gasteiger partial charge in [0.2, 0.25) is 0 Å². The normalized spacial score (nSPS) is 10.9. The molecule has 0 unspecified atom stereocenters. The third-order valence-corrected chi connectivity index (χ3v) is 5.02. The number of H-pyrrole nitrogens is 1. The Bertz CT molecular complexity index is 1210. The molecule has 1 amide bonds. The number of fused-ring (bicyclic) bond motifs is 1. The van der Waals surface area contributed by atoms with Crippen molar-refractivity contribution in [2.75, 3.05) is 0 Å². The number of nitrogens with one attached hydrogen (secondary N) is 2. The molecule has 0 radical (unpaired) electrons. The van der Waals surface area contributed by atoms with Crippen molar-refractivity contribution in [1.29, 1.82) is 0 Å². The Labute approximate surface area is 162 Å². The second kappa shape index (κ2) is 7.28. The summed E-state index contributed by atoms with van der Waals surface area (Å²) < 4.78 is 20.0. The number of aromatic amines is 1. The Hall–Kier alpha value is -3.46. The van der Waals surface area contributed by atoms with Gasteiger partial charge in [0.25, 0.3) is 11.1 Å². The summed E-state index contributed by atoms with van der Waals surface area (Å²) in [4.78, 5) is 31.7. The van der Waals surface area contributed by atoms with E-state index >= 15 is 0 Å². The van der Waals surface area contributed by atoms with Crippen molar-refractivity contribution in [2.24, 2.45) is 7.05 Å². The van der Waals surface area contributed by atoms with Crippen molar-refractivity contribution in [3.05, 3.63) is 75.4 Å². The minimum Gasteiger partial charge on any atom is -0.431 e. The molecule has 0 saturated heterocycles. The number of hydrogen-bond acceptors (Lipinski definition) is 5. The fraction of sp³-hybridized carbons (Fsp3) is 0.105. The monoisotopic (exact) mass is 398 g/mol. The highest BCUT2D eigenvalue weighted by Crippen LogP contribution is 2.26. The number of nitrogens with zero attached hydrogens (tertiary/aromatic N) is 2. The average Bonchev–Trinajstić information content (AvgIpc) is 3.25. The van der Waals surface area contributed by atoms with E-state index in [0.29, 0.717) is 22.0 Å². The summed E-state index contributed by atoms with van der Waals surface area (Å²) in [6, 6.07) is 10.7. The van der Waals surface area contributed by atoms with Gasteiger partial charge in [0.1, 0.15) is 11.6 Å². The molecule has 0 spiro atoms. The Balaban J connectivity index is 1.40. The summed E-state index contributed by atoms with van der Waals surface area (Å²) in [6.07, 6.45) is 1.61. The van der Waals surface area contributed by atoms with Crippen LogP contribution in [0.4, 0.5) is 4.39 Å². The first-order valence-electron chi connectivity index (χ1n) is 8.35. The van der Waals surface area contributed by atoms with Gasteiger partial charge in [-0.3, -0.25) is 9.36 Å². The van der Waals surface area contributed by atoms with E-state index in [9.17, 15) is 14.0 Å². The second-order valence-corrected chi connectivity index (χ2v) is 7.13. The molecule has 2 aromatic heterocycles. The molecule has 0 fully saturated rings. The van der Waals surface area contributed by atoms with Crippen LogP contribution < -0.4 is 15.7 Å². The van der Waals surface area contributed by atoms with Crippen LogP contribution in [0.15, 0.2) is 53.5 Å². The average molecular weight is 398 g/mol. The molecule has 0 bridgehead atoms. The Kier molecular flexibility index (Phi) is 4.66. The number of halogens is 1. The molecule has 4 rings (SSSR count). The minimum atomic E-state index is -0.340. The molecule has 0 aliphatic heterocycles. The lowest BCUT2D eigenvalue weighted by Gasteiger charge is -2.04. The summed E-state index contributed by atoms with van der Waals surface area (Å²) >= 11 is 1.28. The Morgan fingerprint density at radius 3 is 2.86 bits per heavy atom. The standard InChI is InChI=1S/C19H15FN4O3S/c1-24-16-7-2-11(8-15(16)23-18(24)26)17(25)21-9-14-10-22-19(28-14)27-13-5-3-12(20)4-6-13/h2-8,10H,9H2,1H3,(H,21,25)(H,23,26). The molecule has 7 nitrogen and oxygen atoms in total. The van der Waals surface area contributed by atoms with Crippen LogP contribution in [-0.4, -0.2) is 20.4 Å². The molecule has 0 aliphatic carbocycles. The number of aromatic nitrogens is 3. The zero-order chi connectivity index (χ0) is 19.7. The molecule has 2 N–H and O–H groups in total. The highest BCUT2D eigenvalue weighted by molar-refractivity contribution is 7.13. The molecular weight excluding hydrogens is 383 g/mol. The molecule has 142 valence electrons. The predicted molar refractivity (Wildman–Crippen MR) is 103 cm³/mol. The molecule has 2 aromatic carbocycles. The molecular formula is C19H15FN4O3S. The maximum Gasteiger partial charge on any atom is 0.326 e. The number of carbonyl (C=O) groups excluding carboxylic acids is 1. The topological polar surface area (TPSA) is 89.0 Å². The molecule has 0 aliphatic rings. The first-order chi connectivity index (χ1) is 13.5. The largest absolute Gasteiger partial charge is 0.431 e. The van der Waals surface area contributed by atoms with E-state index in [1.807, 2.05) is 0 Å². The van der Waals surface area contributed by atoms with E-state index in [1.165, 1.54) is 40.2 Å². The van der Waals surface area contributed by atoms with Gasteiger partial charge in [-0.15, -0.1) is 0 Å². The van der Waals surface area contributed by atoms with Gasteiger partial charge in [-0.2, -0.15) is 0 Å². The number of aryl methyl sites for hydroxylation is 1. The van der Waals surface area contributed by atoms with Crippen LogP contribution in [-0.2, 0) is 13.6 Å². The quantitative estimate of drug-likeness (QED) is 0.540. The molecule has 0 atom stereocenters. The first-order valence-corrected chi connectivity index (χ1v) is 9.16. The van der Waals surface area contributed by atoms with Crippen molar-refractivity contribution >= 4 is 28.3 Å². The summed E-state index contributed by atoms with van der Waals surface area (Å²) in [5.41, 5.74) is 1.55. The number of benzene rings is 2. The number of rotatable bonds is 5. The molecule has 4 aromatic rings. The van der Waals surface area contributed by atoms with Crippen LogP contribution in [0.1, 0.15) is 15.2 Å². The number of ether oxygens (including phenoxy) is 1. The van der Waals surface area contributed by atoms with Crippen LogP contribution in [0.2, 0.25) is 0 Å². The van der Waals surface area contributed by atoms with Crippen molar-refractivity contribution < 1.29 is 13.9 Å². The van der Waals surface area contributed by atoms with Gasteiger partial charge < -0.3 is 15.0 Å². The minimum absolute atomic E-state index is 0.231. The third kappa shape index (κ3) is 3.65. The fourth-order valence-electron chi connectivity index (χ4n) is 2.67.